The molecular weight excluding hydrogens is 271 g/mol. The summed E-state index contributed by atoms with van der Waals surface area (Å²) in [5, 5.41) is 0. The van der Waals surface area contributed by atoms with Crippen molar-refractivity contribution in [3.05, 3.63) is 45.7 Å². The minimum absolute atomic E-state index is 0.253. The largest absolute Gasteiger partial charge is 0.369 e. The topological polar surface area (TPSA) is 16.1 Å². The van der Waals surface area contributed by atoms with E-state index in [4.69, 9.17) is 11.6 Å². The summed E-state index contributed by atoms with van der Waals surface area (Å²) >= 11 is 7.49. The predicted octanol–water partition coefficient (Wildman–Crippen LogP) is 3.97. The molecule has 0 aliphatic carbocycles. The van der Waals surface area contributed by atoms with Crippen LogP contribution in [-0.2, 0) is 12.4 Å². The molecule has 0 saturated carbocycles. The smallest absolute Gasteiger partial charge is 0.123 e. The van der Waals surface area contributed by atoms with Gasteiger partial charge in [-0.1, -0.05) is 0 Å². The van der Waals surface area contributed by atoms with Crippen LogP contribution in [0.15, 0.2) is 23.7 Å². The molecule has 2 nitrogen and oxygen atoms in total. The molecular formula is C13H14ClFN2S. The SMILES string of the molecule is Cc1ncsc1CN(C)c1ccc(F)cc1CCl. The first-order chi connectivity index (χ1) is 8.61. The van der Waals surface area contributed by atoms with Crippen molar-refractivity contribution in [1.82, 2.24) is 4.98 Å². The highest BCUT2D eigenvalue weighted by Crippen LogP contribution is 2.25. The Bertz CT molecular complexity index is 542. The molecule has 0 aliphatic heterocycles. The number of halogens is 2. The second-order valence-electron chi connectivity index (χ2n) is 4.12. The van der Waals surface area contributed by atoms with Crippen LogP contribution in [0, 0.1) is 12.7 Å². The van der Waals surface area contributed by atoms with E-state index >= 15 is 0 Å². The van der Waals surface area contributed by atoms with E-state index in [9.17, 15) is 4.39 Å². The van der Waals surface area contributed by atoms with Gasteiger partial charge in [-0.25, -0.2) is 9.37 Å². The Morgan fingerprint density at radius 1 is 1.44 bits per heavy atom. The number of hydrogen-bond donors (Lipinski definition) is 0. The van der Waals surface area contributed by atoms with Crippen LogP contribution in [0.1, 0.15) is 16.1 Å². The van der Waals surface area contributed by atoms with Crippen molar-refractivity contribution >= 4 is 28.6 Å². The minimum Gasteiger partial charge on any atom is -0.369 e. The number of aryl methyl sites for hydroxylation is 1. The number of thiazole rings is 1. The third-order valence-electron chi connectivity index (χ3n) is 2.82. The molecule has 5 heteroatoms. The second kappa shape index (κ2) is 5.67. The van der Waals surface area contributed by atoms with Gasteiger partial charge in [0.15, 0.2) is 0 Å². The highest BCUT2D eigenvalue weighted by atomic mass is 35.5. The first kappa shape index (κ1) is 13.3. The Morgan fingerprint density at radius 3 is 2.83 bits per heavy atom. The number of alkyl halides is 1. The summed E-state index contributed by atoms with van der Waals surface area (Å²) in [4.78, 5) is 7.50. The van der Waals surface area contributed by atoms with Gasteiger partial charge in [0.2, 0.25) is 0 Å². The van der Waals surface area contributed by atoms with Gasteiger partial charge in [0.25, 0.3) is 0 Å². The van der Waals surface area contributed by atoms with Crippen LogP contribution in [0.3, 0.4) is 0 Å². The van der Waals surface area contributed by atoms with E-state index in [0.29, 0.717) is 5.88 Å². The normalized spacial score (nSPS) is 10.7. The molecule has 0 amide bonds. The zero-order valence-electron chi connectivity index (χ0n) is 10.3. The van der Waals surface area contributed by atoms with Gasteiger partial charge < -0.3 is 4.90 Å². The summed E-state index contributed by atoms with van der Waals surface area (Å²) in [6, 6.07) is 4.71. The van der Waals surface area contributed by atoms with E-state index in [1.54, 1.807) is 17.4 Å². The van der Waals surface area contributed by atoms with E-state index in [1.165, 1.54) is 17.0 Å². The maximum atomic E-state index is 13.2. The van der Waals surface area contributed by atoms with Crippen molar-refractivity contribution in [2.24, 2.45) is 0 Å². The molecule has 0 bridgehead atoms. The third-order valence-corrected chi connectivity index (χ3v) is 4.03. The van der Waals surface area contributed by atoms with Crippen LogP contribution < -0.4 is 4.90 Å². The second-order valence-corrected chi connectivity index (χ2v) is 5.33. The van der Waals surface area contributed by atoms with Crippen molar-refractivity contribution in [3.63, 3.8) is 0 Å². The zero-order valence-corrected chi connectivity index (χ0v) is 11.9. The van der Waals surface area contributed by atoms with Gasteiger partial charge in [-0.15, -0.1) is 22.9 Å². The molecule has 18 heavy (non-hydrogen) atoms. The maximum Gasteiger partial charge on any atom is 0.123 e. The van der Waals surface area contributed by atoms with Crippen molar-refractivity contribution in [1.29, 1.82) is 0 Å². The Kier molecular flexibility index (Phi) is 4.19. The lowest BCUT2D eigenvalue weighted by atomic mass is 10.1. The van der Waals surface area contributed by atoms with Crippen molar-refractivity contribution < 1.29 is 4.39 Å². The summed E-state index contributed by atoms with van der Waals surface area (Å²) in [7, 11) is 1.97. The molecule has 0 spiro atoms. The van der Waals surface area contributed by atoms with Crippen LogP contribution in [0.4, 0.5) is 10.1 Å². The molecule has 96 valence electrons. The molecule has 1 aromatic carbocycles. The molecule has 0 atom stereocenters. The maximum absolute atomic E-state index is 13.2. The lowest BCUT2D eigenvalue weighted by molar-refractivity contribution is 0.626. The number of hydrogen-bond acceptors (Lipinski definition) is 3. The lowest BCUT2D eigenvalue weighted by Crippen LogP contribution is -2.17. The summed E-state index contributed by atoms with van der Waals surface area (Å²) in [6.07, 6.45) is 0. The van der Waals surface area contributed by atoms with Crippen LogP contribution in [0.5, 0.6) is 0 Å². The lowest BCUT2D eigenvalue weighted by Gasteiger charge is -2.21. The zero-order chi connectivity index (χ0) is 13.1. The van der Waals surface area contributed by atoms with Crippen LogP contribution in [0.25, 0.3) is 0 Å². The van der Waals surface area contributed by atoms with E-state index < -0.39 is 0 Å². The molecule has 0 saturated heterocycles. The molecule has 0 aliphatic rings. The Balaban J connectivity index is 2.23. The van der Waals surface area contributed by atoms with Gasteiger partial charge in [-0.05, 0) is 30.7 Å². The molecule has 0 radical (unpaired) electrons. The Labute approximate surface area is 115 Å². The molecule has 1 heterocycles. The van der Waals surface area contributed by atoms with E-state index in [-0.39, 0.29) is 5.82 Å². The highest BCUT2D eigenvalue weighted by molar-refractivity contribution is 7.09. The van der Waals surface area contributed by atoms with E-state index in [0.717, 1.165) is 23.5 Å². The number of aromatic nitrogens is 1. The quantitative estimate of drug-likeness (QED) is 0.790. The van der Waals surface area contributed by atoms with Gasteiger partial charge in [0, 0.05) is 23.5 Å². The molecule has 0 unspecified atom stereocenters. The van der Waals surface area contributed by atoms with E-state index in [2.05, 4.69) is 9.88 Å². The fraction of sp³-hybridized carbons (Fsp3) is 0.308. The first-order valence-corrected chi connectivity index (χ1v) is 6.97. The fourth-order valence-corrected chi connectivity index (χ4v) is 2.86. The number of rotatable bonds is 4. The van der Waals surface area contributed by atoms with Crippen LogP contribution >= 0.6 is 22.9 Å². The van der Waals surface area contributed by atoms with Gasteiger partial charge in [-0.3, -0.25) is 0 Å². The minimum atomic E-state index is -0.253. The monoisotopic (exact) mass is 284 g/mol. The molecule has 1 aromatic heterocycles. The average Bonchev–Trinajstić information content (AvgIpc) is 2.74. The van der Waals surface area contributed by atoms with Crippen LogP contribution in [0.2, 0.25) is 0 Å². The molecule has 0 N–H and O–H groups in total. The summed E-state index contributed by atoms with van der Waals surface area (Å²) < 4.78 is 13.2. The summed E-state index contributed by atoms with van der Waals surface area (Å²) in [5.74, 6) is 0.0517. The number of anilines is 1. The van der Waals surface area contributed by atoms with Gasteiger partial charge in [0.05, 0.1) is 17.7 Å². The van der Waals surface area contributed by atoms with Gasteiger partial charge in [-0.2, -0.15) is 0 Å². The predicted molar refractivity (Wildman–Crippen MR) is 74.9 cm³/mol. The summed E-state index contributed by atoms with van der Waals surface area (Å²) in [5.41, 5.74) is 4.65. The van der Waals surface area contributed by atoms with Gasteiger partial charge in [0.1, 0.15) is 5.82 Å². The number of benzene rings is 1. The summed E-state index contributed by atoms with van der Waals surface area (Å²) in [6.45, 7) is 2.75. The first-order valence-electron chi connectivity index (χ1n) is 5.56. The number of nitrogens with zero attached hydrogens (tertiary/aromatic N) is 2. The molecule has 0 fully saturated rings. The average molecular weight is 285 g/mol. The highest BCUT2D eigenvalue weighted by Gasteiger charge is 2.11. The molecule has 2 rings (SSSR count). The van der Waals surface area contributed by atoms with Crippen molar-refractivity contribution in [2.75, 3.05) is 11.9 Å². The third kappa shape index (κ3) is 2.82. The van der Waals surface area contributed by atoms with Crippen molar-refractivity contribution in [2.45, 2.75) is 19.3 Å². The Hall–Kier alpha value is -1.13. The fourth-order valence-electron chi connectivity index (χ4n) is 1.81. The van der Waals surface area contributed by atoms with E-state index in [1.807, 2.05) is 19.5 Å². The van der Waals surface area contributed by atoms with Crippen molar-refractivity contribution in [3.8, 4) is 0 Å². The standard InChI is InChI=1S/C13H14ClFN2S/c1-9-13(18-8-16-9)7-17(2)12-4-3-11(15)5-10(12)6-14/h3-5,8H,6-7H2,1-2H3. The van der Waals surface area contributed by atoms with Crippen LogP contribution in [-0.4, -0.2) is 12.0 Å². The van der Waals surface area contributed by atoms with Gasteiger partial charge >= 0.3 is 0 Å². The molecule has 2 aromatic rings. The Morgan fingerprint density at radius 2 is 2.22 bits per heavy atom.